The molecule has 2 aromatic carbocycles. The van der Waals surface area contributed by atoms with E-state index in [1.54, 1.807) is 0 Å². The first kappa shape index (κ1) is 38.1. The van der Waals surface area contributed by atoms with Crippen LogP contribution < -0.4 is 14.9 Å². The Morgan fingerprint density at radius 1 is 0.673 bits per heavy atom. The Kier molecular flexibility index (Phi) is 11.0. The van der Waals surface area contributed by atoms with E-state index in [4.69, 9.17) is 32.8 Å². The van der Waals surface area contributed by atoms with Crippen LogP contribution in [0.1, 0.15) is 13.8 Å². The first-order chi connectivity index (χ1) is 24.6. The summed E-state index contributed by atoms with van der Waals surface area (Å²) in [6.45, 7) is 2.05. The summed E-state index contributed by atoms with van der Waals surface area (Å²) in [6.07, 6.45) is -23.9. The van der Waals surface area contributed by atoms with Crippen LogP contribution >= 0.6 is 0 Å². The third-order valence-corrected chi connectivity index (χ3v) is 9.25. The first-order valence-electron chi connectivity index (χ1n) is 16.2. The lowest BCUT2D eigenvalue weighted by Gasteiger charge is -2.45. The Morgan fingerprint density at radius 2 is 1.27 bits per heavy atom. The van der Waals surface area contributed by atoms with E-state index in [1.807, 2.05) is 0 Å². The summed E-state index contributed by atoms with van der Waals surface area (Å²) in [6, 6.07) is 7.45. The zero-order chi connectivity index (χ0) is 37.8. The SMILES string of the molecule is C[C@@H]1O[C@@H](Oc2cc(O)c3c(=O)c(O[C@@H]4O[C@@H](C)[C@H](O)[C@@H](O[C@@H]5O[C@H](CO)[C@@H](O)[C@H](O)[C@H]5O)[C@H]4O)c(-c4ccc(O)cc4)oc3c2)[C@H](O)[C@H](O)[C@H]1O. The number of aromatic hydroxyl groups is 2. The van der Waals surface area contributed by atoms with E-state index in [0.29, 0.717) is 0 Å². The summed E-state index contributed by atoms with van der Waals surface area (Å²) in [5.41, 5.74) is -1.11. The van der Waals surface area contributed by atoms with Crippen LogP contribution in [-0.2, 0) is 18.9 Å². The highest BCUT2D eigenvalue weighted by molar-refractivity contribution is 5.88. The third-order valence-electron chi connectivity index (χ3n) is 9.25. The van der Waals surface area contributed by atoms with E-state index in [-0.39, 0.29) is 28.4 Å². The standard InChI is InChI=1S/C33H40O19/c1-10-19(37)23(41)25(43)31(46-10)48-14-7-15(36)18-16(8-14)49-28(12-3-5-13(35)6-4-12)30(22(18)40)52-33-27(45)29(20(38)11(2)47-33)51-32-26(44)24(42)21(39)17(9-34)50-32/h3-8,10-11,17,19-21,23-27,29,31-39,41-45H,9H2,1-2H3/t10-,11-,17+,19-,20-,21+,23+,24-,25+,26+,27+,29+,31-,32-,33-/m0/s1. The number of fused-ring (bicyclic) bond motifs is 1. The van der Waals surface area contributed by atoms with E-state index < -0.39 is 121 Å². The van der Waals surface area contributed by atoms with Gasteiger partial charge in [-0.05, 0) is 38.1 Å². The minimum absolute atomic E-state index is 0.141. The van der Waals surface area contributed by atoms with Gasteiger partial charge in [-0.25, -0.2) is 0 Å². The fourth-order valence-electron chi connectivity index (χ4n) is 6.19. The molecule has 19 nitrogen and oxygen atoms in total. The lowest BCUT2D eigenvalue weighted by Crippen LogP contribution is -2.64. The summed E-state index contributed by atoms with van der Waals surface area (Å²) >= 11 is 0. The molecule has 0 saturated carbocycles. The van der Waals surface area contributed by atoms with E-state index in [0.717, 1.165) is 6.07 Å². The minimum atomic E-state index is -1.94. The predicted octanol–water partition coefficient (Wildman–Crippen LogP) is -2.89. The molecule has 0 amide bonds. The van der Waals surface area contributed by atoms with Crippen LogP contribution in [0.5, 0.6) is 23.0 Å². The quantitative estimate of drug-likeness (QED) is 0.110. The van der Waals surface area contributed by atoms with Gasteiger partial charge in [0.2, 0.25) is 23.8 Å². The number of aliphatic hydroxyl groups excluding tert-OH is 9. The molecule has 52 heavy (non-hydrogen) atoms. The van der Waals surface area contributed by atoms with Gasteiger partial charge in [0.1, 0.15) is 89.3 Å². The van der Waals surface area contributed by atoms with Crippen molar-refractivity contribution in [3.8, 4) is 34.3 Å². The monoisotopic (exact) mass is 740 g/mol. The summed E-state index contributed by atoms with van der Waals surface area (Å²) < 4.78 is 39.7. The van der Waals surface area contributed by atoms with Crippen molar-refractivity contribution in [1.29, 1.82) is 0 Å². The Morgan fingerprint density at radius 3 is 1.92 bits per heavy atom. The van der Waals surface area contributed by atoms with Crippen molar-refractivity contribution in [2.45, 2.75) is 106 Å². The highest BCUT2D eigenvalue weighted by Gasteiger charge is 2.51. The van der Waals surface area contributed by atoms with Gasteiger partial charge < -0.3 is 89.0 Å². The molecule has 1 aromatic heterocycles. The average Bonchev–Trinajstić information content (AvgIpc) is 3.11. The van der Waals surface area contributed by atoms with Crippen LogP contribution in [0.4, 0.5) is 0 Å². The second-order valence-electron chi connectivity index (χ2n) is 12.9. The number of aliphatic hydroxyl groups is 9. The van der Waals surface area contributed by atoms with Gasteiger partial charge in [-0.3, -0.25) is 4.79 Å². The van der Waals surface area contributed by atoms with Gasteiger partial charge >= 0.3 is 0 Å². The van der Waals surface area contributed by atoms with E-state index in [9.17, 15) is 61.0 Å². The van der Waals surface area contributed by atoms with Crippen LogP contribution in [0.3, 0.4) is 0 Å². The van der Waals surface area contributed by atoms with Crippen LogP contribution in [0.25, 0.3) is 22.3 Å². The van der Waals surface area contributed by atoms with Crippen molar-refractivity contribution < 1.29 is 89.0 Å². The third kappa shape index (κ3) is 7.03. The maximum atomic E-state index is 14.1. The predicted molar refractivity (Wildman–Crippen MR) is 170 cm³/mol. The number of phenolic OH excluding ortho intramolecular Hbond substituents is 2. The molecule has 11 N–H and O–H groups in total. The lowest BCUT2D eigenvalue weighted by molar-refractivity contribution is -0.350. The van der Waals surface area contributed by atoms with E-state index in [1.165, 1.54) is 44.2 Å². The molecule has 15 atom stereocenters. The van der Waals surface area contributed by atoms with Gasteiger partial charge in [0.05, 0.1) is 18.8 Å². The molecular weight excluding hydrogens is 700 g/mol. The Balaban J connectivity index is 1.35. The number of hydrogen-bond donors (Lipinski definition) is 11. The number of ether oxygens (including phenoxy) is 6. The molecule has 4 heterocycles. The van der Waals surface area contributed by atoms with Crippen molar-refractivity contribution in [3.63, 3.8) is 0 Å². The summed E-state index contributed by atoms with van der Waals surface area (Å²) in [5.74, 6) is -1.92. The smallest absolute Gasteiger partial charge is 0.239 e. The van der Waals surface area contributed by atoms with Crippen molar-refractivity contribution in [2.75, 3.05) is 6.61 Å². The van der Waals surface area contributed by atoms with Crippen molar-refractivity contribution in [2.24, 2.45) is 0 Å². The van der Waals surface area contributed by atoms with Crippen LogP contribution in [0.15, 0.2) is 45.6 Å². The van der Waals surface area contributed by atoms with E-state index in [2.05, 4.69) is 0 Å². The van der Waals surface area contributed by atoms with Gasteiger partial charge in [-0.1, -0.05) is 0 Å². The number of hydrogen-bond acceptors (Lipinski definition) is 19. The second-order valence-corrected chi connectivity index (χ2v) is 12.9. The van der Waals surface area contributed by atoms with Gasteiger partial charge in [0.25, 0.3) is 0 Å². The van der Waals surface area contributed by atoms with Crippen molar-refractivity contribution >= 4 is 11.0 Å². The van der Waals surface area contributed by atoms with Crippen LogP contribution in [-0.4, -0.2) is 155 Å². The maximum absolute atomic E-state index is 14.1. The number of benzene rings is 2. The normalized spacial score (nSPS) is 38.2. The Hall–Kier alpha value is -3.67. The van der Waals surface area contributed by atoms with Gasteiger partial charge in [-0.15, -0.1) is 0 Å². The molecule has 3 aliphatic heterocycles. The van der Waals surface area contributed by atoms with E-state index >= 15 is 0 Å². The fourth-order valence-corrected chi connectivity index (χ4v) is 6.19. The molecule has 0 bridgehead atoms. The molecule has 0 unspecified atom stereocenters. The fraction of sp³-hybridized carbons (Fsp3) is 0.545. The molecular formula is C33H40O19. The molecule has 3 aliphatic rings. The molecule has 0 radical (unpaired) electrons. The molecule has 19 heteroatoms. The molecule has 3 aromatic rings. The maximum Gasteiger partial charge on any atom is 0.239 e. The number of rotatable bonds is 8. The zero-order valence-electron chi connectivity index (χ0n) is 27.5. The molecule has 0 aliphatic carbocycles. The Bertz CT molecular complexity index is 1760. The summed E-state index contributed by atoms with van der Waals surface area (Å²) in [4.78, 5) is 14.1. The molecule has 286 valence electrons. The molecule has 6 rings (SSSR count). The highest BCUT2D eigenvalue weighted by atomic mass is 16.7. The van der Waals surface area contributed by atoms with Gasteiger partial charge in [0, 0.05) is 17.7 Å². The second kappa shape index (κ2) is 15.0. The van der Waals surface area contributed by atoms with Crippen molar-refractivity contribution in [1.82, 2.24) is 0 Å². The molecule has 3 fully saturated rings. The largest absolute Gasteiger partial charge is 0.508 e. The molecule has 0 spiro atoms. The van der Waals surface area contributed by atoms with Crippen LogP contribution in [0.2, 0.25) is 0 Å². The Labute approximate surface area is 293 Å². The average molecular weight is 741 g/mol. The minimum Gasteiger partial charge on any atom is -0.508 e. The van der Waals surface area contributed by atoms with Gasteiger partial charge in [-0.2, -0.15) is 0 Å². The van der Waals surface area contributed by atoms with Crippen molar-refractivity contribution in [3.05, 3.63) is 46.6 Å². The summed E-state index contributed by atoms with van der Waals surface area (Å²) in [5, 5.41) is 114. The zero-order valence-corrected chi connectivity index (χ0v) is 27.5. The first-order valence-corrected chi connectivity index (χ1v) is 16.2. The number of phenols is 2. The summed E-state index contributed by atoms with van der Waals surface area (Å²) in [7, 11) is 0. The molecule has 3 saturated heterocycles. The topological polar surface area (TPSA) is 308 Å². The van der Waals surface area contributed by atoms with Crippen LogP contribution in [0, 0.1) is 0 Å². The lowest BCUT2D eigenvalue weighted by atomic mass is 9.97. The van der Waals surface area contributed by atoms with Gasteiger partial charge in [0.15, 0.2) is 12.1 Å². The highest BCUT2D eigenvalue weighted by Crippen LogP contribution is 2.39.